The van der Waals surface area contributed by atoms with Crippen LogP contribution in [0.5, 0.6) is 0 Å². The molecular formula is C20H20O8. The molecule has 0 unspecified atom stereocenters. The van der Waals surface area contributed by atoms with Gasteiger partial charge in [0.05, 0.1) is 30.0 Å². The van der Waals surface area contributed by atoms with E-state index in [1.165, 1.54) is 6.26 Å². The fourth-order valence-corrected chi connectivity index (χ4v) is 6.86. The number of carbonyl (C=O) groups excluding carboxylic acids is 2. The summed E-state index contributed by atoms with van der Waals surface area (Å²) in [5.41, 5.74) is 0.269. The van der Waals surface area contributed by atoms with E-state index in [0.29, 0.717) is 16.7 Å². The molecule has 28 heavy (non-hydrogen) atoms. The van der Waals surface area contributed by atoms with Crippen LogP contribution in [-0.4, -0.2) is 76.7 Å². The third-order valence-electron chi connectivity index (χ3n) is 8.00. The van der Waals surface area contributed by atoms with E-state index in [9.17, 15) is 19.8 Å². The number of aliphatic hydroxyl groups is 2. The van der Waals surface area contributed by atoms with E-state index in [2.05, 4.69) is 0 Å². The van der Waals surface area contributed by atoms with Crippen molar-refractivity contribution in [2.75, 3.05) is 0 Å². The van der Waals surface area contributed by atoms with E-state index in [-0.39, 0.29) is 29.7 Å². The van der Waals surface area contributed by atoms with Crippen molar-refractivity contribution in [3.63, 3.8) is 0 Å². The second kappa shape index (κ2) is 4.60. The minimum absolute atomic E-state index is 0.113. The van der Waals surface area contributed by atoms with Gasteiger partial charge in [-0.3, -0.25) is 9.59 Å². The van der Waals surface area contributed by atoms with E-state index >= 15 is 0 Å². The topological polar surface area (TPSA) is 118 Å². The highest BCUT2D eigenvalue weighted by Crippen LogP contribution is 2.67. The summed E-state index contributed by atoms with van der Waals surface area (Å²) in [6.45, 7) is 3.77. The fraction of sp³-hybridized carbons (Fsp3) is 0.700. The Bertz CT molecular complexity index is 921. The average molecular weight is 388 g/mol. The number of epoxide rings is 2. The Labute approximate surface area is 160 Å². The first-order valence-corrected chi connectivity index (χ1v) is 9.90. The molecule has 12 atom stereocenters. The van der Waals surface area contributed by atoms with Crippen molar-refractivity contribution in [3.05, 3.63) is 23.0 Å². The first kappa shape index (κ1) is 16.2. The Kier molecular flexibility index (Phi) is 2.67. The van der Waals surface area contributed by atoms with Crippen molar-refractivity contribution in [2.24, 2.45) is 17.3 Å². The summed E-state index contributed by atoms with van der Waals surface area (Å²) in [7, 11) is 0. The summed E-state index contributed by atoms with van der Waals surface area (Å²) in [6, 6.07) is 0. The molecule has 2 N–H and O–H groups in total. The Hall–Kier alpha value is -1.58. The number of hydrogen-bond donors (Lipinski definition) is 2. The van der Waals surface area contributed by atoms with Gasteiger partial charge in [-0.1, -0.05) is 0 Å². The lowest BCUT2D eigenvalue weighted by Gasteiger charge is -2.63. The molecule has 0 aromatic heterocycles. The Morgan fingerprint density at radius 2 is 1.68 bits per heavy atom. The summed E-state index contributed by atoms with van der Waals surface area (Å²) < 4.78 is 23.1. The predicted molar refractivity (Wildman–Crippen MR) is 88.8 cm³/mol. The third kappa shape index (κ3) is 1.47. The van der Waals surface area contributed by atoms with Gasteiger partial charge >= 0.3 is 0 Å². The van der Waals surface area contributed by atoms with Crippen LogP contribution in [0.15, 0.2) is 23.0 Å². The van der Waals surface area contributed by atoms with Crippen LogP contribution >= 0.6 is 0 Å². The molecule has 0 amide bonds. The highest BCUT2D eigenvalue weighted by atomic mass is 16.6. The Morgan fingerprint density at radius 3 is 2.46 bits per heavy atom. The molecule has 8 rings (SSSR count). The standard InChI is InChI=1S/C20H20O8/c1-4-7-8-9(13(23)16-15(27-16)12(8)22)19(26-4)20-6(3-25-5(2)10(7)20)11(21)14-17(28-14)18(20)24/h3-5,7,10-11,13-17,19,21,23H,1-2H3/t4-,5-,7-,10+,11-,13-,14+,15-,16+,17+,19+,20+/m0/s1. The maximum Gasteiger partial charge on any atom is 0.190 e. The van der Waals surface area contributed by atoms with E-state index in [0.717, 1.165) is 0 Å². The molecule has 8 heteroatoms. The van der Waals surface area contributed by atoms with Gasteiger partial charge in [0.2, 0.25) is 0 Å². The van der Waals surface area contributed by atoms with Gasteiger partial charge in [-0.25, -0.2) is 0 Å². The van der Waals surface area contributed by atoms with E-state index in [1.807, 2.05) is 13.8 Å². The van der Waals surface area contributed by atoms with Gasteiger partial charge in [0.1, 0.15) is 36.6 Å². The van der Waals surface area contributed by atoms with Gasteiger partial charge in [-0.05, 0) is 19.4 Å². The molecule has 8 aliphatic rings. The summed E-state index contributed by atoms with van der Waals surface area (Å²) >= 11 is 0. The van der Waals surface area contributed by atoms with Crippen LogP contribution < -0.4 is 0 Å². The monoisotopic (exact) mass is 388 g/mol. The SMILES string of the molecule is C[C@@H]1O[C@@H]2C3=C(C(=O)[C@@H]4O[C@@H]4[C@H]3O)[C@H]1[C@H]1[C@H](C)OC=C3[C@H](O)[C@H]4O[C@H]4C(=O)[C@@]312. The zero-order valence-corrected chi connectivity index (χ0v) is 15.3. The van der Waals surface area contributed by atoms with Crippen LogP contribution in [0.4, 0.5) is 0 Å². The van der Waals surface area contributed by atoms with Crippen molar-refractivity contribution in [1.82, 2.24) is 0 Å². The van der Waals surface area contributed by atoms with Gasteiger partial charge < -0.3 is 29.2 Å². The number of rotatable bonds is 0. The van der Waals surface area contributed by atoms with Crippen LogP contribution in [0.3, 0.4) is 0 Å². The minimum atomic E-state index is -1.19. The molecule has 148 valence electrons. The van der Waals surface area contributed by atoms with Crippen LogP contribution in [0.25, 0.3) is 0 Å². The Morgan fingerprint density at radius 1 is 0.964 bits per heavy atom. The van der Waals surface area contributed by atoms with E-state index in [4.69, 9.17) is 18.9 Å². The molecule has 1 saturated carbocycles. The van der Waals surface area contributed by atoms with Gasteiger partial charge in [0.25, 0.3) is 0 Å². The molecular weight excluding hydrogens is 368 g/mol. The number of ether oxygens (including phenoxy) is 4. The zero-order valence-electron chi connectivity index (χ0n) is 15.3. The van der Waals surface area contributed by atoms with Crippen molar-refractivity contribution in [1.29, 1.82) is 0 Å². The van der Waals surface area contributed by atoms with Gasteiger partial charge in [0.15, 0.2) is 11.6 Å². The second-order valence-electron chi connectivity index (χ2n) is 9.09. The molecule has 0 aromatic rings. The second-order valence-corrected chi connectivity index (χ2v) is 9.09. The number of hydrogen-bond acceptors (Lipinski definition) is 8. The highest BCUT2D eigenvalue weighted by Gasteiger charge is 2.78. The molecule has 0 aromatic carbocycles. The highest BCUT2D eigenvalue weighted by molar-refractivity contribution is 6.06. The molecule has 4 fully saturated rings. The van der Waals surface area contributed by atoms with Crippen molar-refractivity contribution >= 4 is 11.6 Å². The number of ketones is 2. The zero-order chi connectivity index (χ0) is 19.3. The van der Waals surface area contributed by atoms with E-state index < -0.39 is 54.1 Å². The fourth-order valence-electron chi connectivity index (χ4n) is 6.86. The van der Waals surface area contributed by atoms with E-state index in [1.54, 1.807) is 0 Å². The molecule has 5 heterocycles. The van der Waals surface area contributed by atoms with Crippen LogP contribution in [0.1, 0.15) is 13.8 Å². The van der Waals surface area contributed by atoms with Crippen molar-refractivity contribution in [3.8, 4) is 0 Å². The number of fused-ring (bicyclic) bond motifs is 3. The molecule has 2 bridgehead atoms. The maximum absolute atomic E-state index is 13.7. The smallest absolute Gasteiger partial charge is 0.190 e. The first-order valence-electron chi connectivity index (χ1n) is 9.90. The number of carbonyl (C=O) groups is 2. The summed E-state index contributed by atoms with van der Waals surface area (Å²) in [6.07, 6.45) is -4.40. The summed E-state index contributed by atoms with van der Waals surface area (Å²) in [4.78, 5) is 26.7. The molecule has 3 saturated heterocycles. The molecule has 8 nitrogen and oxygen atoms in total. The van der Waals surface area contributed by atoms with Gasteiger partial charge in [0, 0.05) is 23.0 Å². The van der Waals surface area contributed by atoms with Crippen molar-refractivity contribution < 1.29 is 38.7 Å². The van der Waals surface area contributed by atoms with Gasteiger partial charge in [-0.15, -0.1) is 0 Å². The predicted octanol–water partition coefficient (Wildman–Crippen LogP) is -0.973. The number of Topliss-reactive ketones (excluding diaryl/α,β-unsaturated/α-hetero) is 2. The molecule has 3 aliphatic carbocycles. The average Bonchev–Trinajstić information content (AvgIpc) is 3.57. The molecule has 1 spiro atoms. The first-order chi connectivity index (χ1) is 13.4. The third-order valence-corrected chi connectivity index (χ3v) is 8.00. The lowest BCUT2D eigenvalue weighted by molar-refractivity contribution is -0.210. The summed E-state index contributed by atoms with van der Waals surface area (Å²) in [5.74, 6) is -1.05. The lowest BCUT2D eigenvalue weighted by atomic mass is 9.45. The lowest BCUT2D eigenvalue weighted by Crippen LogP contribution is -2.72. The number of aliphatic hydroxyl groups excluding tert-OH is 2. The largest absolute Gasteiger partial charge is 0.498 e. The minimum Gasteiger partial charge on any atom is -0.498 e. The normalized spacial score (nSPS) is 60.0. The Balaban J connectivity index is 1.52. The molecule has 5 aliphatic heterocycles. The van der Waals surface area contributed by atoms with Gasteiger partial charge in [-0.2, -0.15) is 0 Å². The van der Waals surface area contributed by atoms with Crippen LogP contribution in [-0.2, 0) is 28.5 Å². The van der Waals surface area contributed by atoms with Crippen LogP contribution in [0, 0.1) is 17.3 Å². The maximum atomic E-state index is 13.7. The summed E-state index contributed by atoms with van der Waals surface area (Å²) in [5, 5.41) is 21.8. The molecule has 0 radical (unpaired) electrons. The van der Waals surface area contributed by atoms with Crippen molar-refractivity contribution in [2.45, 2.75) is 68.8 Å². The quantitative estimate of drug-likeness (QED) is 0.509. The van der Waals surface area contributed by atoms with Crippen LogP contribution in [0.2, 0.25) is 0 Å².